The maximum absolute atomic E-state index is 5.59. The third-order valence-corrected chi connectivity index (χ3v) is 3.09. The van der Waals surface area contributed by atoms with E-state index in [1.54, 1.807) is 6.07 Å². The molecule has 1 aromatic rings. The lowest BCUT2D eigenvalue weighted by molar-refractivity contribution is 0.555. The van der Waals surface area contributed by atoms with Crippen molar-refractivity contribution in [2.24, 2.45) is 11.8 Å². The molecule has 6 nitrogen and oxygen atoms in total. The Hall–Kier alpha value is -1.56. The molecule has 0 amide bonds. The van der Waals surface area contributed by atoms with Crippen LogP contribution in [0.4, 0.5) is 17.6 Å². The molecule has 0 radical (unpaired) electrons. The van der Waals surface area contributed by atoms with E-state index in [4.69, 9.17) is 11.6 Å². The Kier molecular flexibility index (Phi) is 3.09. The van der Waals surface area contributed by atoms with Crippen LogP contribution in [-0.4, -0.2) is 16.0 Å². The minimum Gasteiger partial charge on any atom is -0.368 e. The molecular weight excluding hydrogens is 204 g/mol. The first-order valence-corrected chi connectivity index (χ1v) is 5.56. The average molecular weight is 222 g/mol. The maximum atomic E-state index is 5.59. The number of nitrogen functional groups attached to an aromatic ring is 2. The van der Waals surface area contributed by atoms with Gasteiger partial charge in [-0.15, -0.1) is 0 Å². The van der Waals surface area contributed by atoms with Crippen LogP contribution < -0.4 is 22.3 Å². The summed E-state index contributed by atoms with van der Waals surface area (Å²) >= 11 is 0. The first-order valence-electron chi connectivity index (χ1n) is 5.56. The van der Waals surface area contributed by atoms with Crippen molar-refractivity contribution in [2.75, 3.05) is 16.5 Å². The van der Waals surface area contributed by atoms with E-state index in [1.165, 1.54) is 19.3 Å². The van der Waals surface area contributed by atoms with Crippen LogP contribution in [0.2, 0.25) is 0 Å². The van der Waals surface area contributed by atoms with E-state index < -0.39 is 0 Å². The molecule has 0 aliphatic heterocycles. The largest absolute Gasteiger partial charge is 0.368 e. The fourth-order valence-corrected chi connectivity index (χ4v) is 2.16. The summed E-state index contributed by atoms with van der Waals surface area (Å²) in [5.74, 6) is 7.46. The first kappa shape index (κ1) is 10.9. The molecule has 2 unspecified atom stereocenters. The number of hydrogen-bond acceptors (Lipinski definition) is 6. The topological polar surface area (TPSA) is 102 Å². The van der Waals surface area contributed by atoms with Crippen LogP contribution in [0.5, 0.6) is 0 Å². The summed E-state index contributed by atoms with van der Waals surface area (Å²) in [6, 6.07) is 2.24. The van der Waals surface area contributed by atoms with E-state index in [9.17, 15) is 0 Å². The summed E-state index contributed by atoms with van der Waals surface area (Å²) in [6.07, 6.45) is 3.71. The smallest absolute Gasteiger partial charge is 0.223 e. The molecule has 88 valence electrons. The molecule has 0 spiro atoms. The summed E-state index contributed by atoms with van der Waals surface area (Å²) in [7, 11) is 0. The van der Waals surface area contributed by atoms with E-state index in [-0.39, 0.29) is 5.95 Å². The molecule has 1 aliphatic rings. The van der Waals surface area contributed by atoms with E-state index in [2.05, 4.69) is 27.6 Å². The molecule has 1 aromatic heterocycles. The molecule has 0 aromatic carbocycles. The van der Waals surface area contributed by atoms with Gasteiger partial charge in [-0.25, -0.2) is 5.84 Å². The Morgan fingerprint density at radius 3 is 2.69 bits per heavy atom. The van der Waals surface area contributed by atoms with Gasteiger partial charge in [0.15, 0.2) is 0 Å². The van der Waals surface area contributed by atoms with Gasteiger partial charge < -0.3 is 16.5 Å². The van der Waals surface area contributed by atoms with Crippen LogP contribution >= 0.6 is 0 Å². The van der Waals surface area contributed by atoms with Crippen molar-refractivity contribution in [1.29, 1.82) is 0 Å². The quantitative estimate of drug-likeness (QED) is 0.448. The van der Waals surface area contributed by atoms with Crippen molar-refractivity contribution in [3.8, 4) is 0 Å². The van der Waals surface area contributed by atoms with Crippen LogP contribution in [0, 0.1) is 5.92 Å². The Bertz CT molecular complexity index is 366. The van der Waals surface area contributed by atoms with E-state index in [0.717, 1.165) is 5.82 Å². The number of hydrogen-bond donors (Lipinski definition) is 4. The minimum absolute atomic E-state index is 0.226. The standard InChI is InChI=1S/C10H18N6/c1-6-3-2-4-7(6)13-8-5-9(16-12)15-10(11)14-8/h5-7H,2-4,12H2,1H3,(H4,11,13,14,15,16). The van der Waals surface area contributed by atoms with Gasteiger partial charge in [-0.3, -0.25) is 0 Å². The first-order chi connectivity index (χ1) is 7.69. The molecule has 1 heterocycles. The fraction of sp³-hybridized carbons (Fsp3) is 0.600. The van der Waals surface area contributed by atoms with E-state index in [1.807, 2.05) is 0 Å². The van der Waals surface area contributed by atoms with Crippen LogP contribution in [0.15, 0.2) is 6.07 Å². The van der Waals surface area contributed by atoms with Gasteiger partial charge in [0.05, 0.1) is 0 Å². The van der Waals surface area contributed by atoms with Gasteiger partial charge in [0, 0.05) is 12.1 Å². The molecule has 0 saturated heterocycles. The van der Waals surface area contributed by atoms with Gasteiger partial charge in [-0.2, -0.15) is 9.97 Å². The zero-order chi connectivity index (χ0) is 11.5. The second kappa shape index (κ2) is 4.52. The van der Waals surface area contributed by atoms with Crippen LogP contribution in [0.1, 0.15) is 26.2 Å². The SMILES string of the molecule is CC1CCCC1Nc1cc(NN)nc(N)n1. The molecule has 2 rings (SSSR count). The van der Waals surface area contributed by atoms with Gasteiger partial charge in [0.2, 0.25) is 5.95 Å². The molecule has 1 saturated carbocycles. The highest BCUT2D eigenvalue weighted by Crippen LogP contribution is 2.27. The zero-order valence-electron chi connectivity index (χ0n) is 9.40. The van der Waals surface area contributed by atoms with E-state index >= 15 is 0 Å². The van der Waals surface area contributed by atoms with Crippen LogP contribution in [-0.2, 0) is 0 Å². The number of anilines is 3. The van der Waals surface area contributed by atoms with Crippen LogP contribution in [0.25, 0.3) is 0 Å². The number of aromatic nitrogens is 2. The Morgan fingerprint density at radius 1 is 1.31 bits per heavy atom. The molecule has 2 atom stereocenters. The minimum atomic E-state index is 0.226. The summed E-state index contributed by atoms with van der Waals surface area (Å²) in [6.45, 7) is 2.25. The van der Waals surface area contributed by atoms with Crippen molar-refractivity contribution in [2.45, 2.75) is 32.2 Å². The lowest BCUT2D eigenvalue weighted by Gasteiger charge is -2.18. The highest BCUT2D eigenvalue weighted by atomic mass is 15.3. The molecule has 1 fully saturated rings. The fourth-order valence-electron chi connectivity index (χ4n) is 2.16. The second-order valence-corrected chi connectivity index (χ2v) is 4.30. The lowest BCUT2D eigenvalue weighted by Crippen LogP contribution is -2.23. The number of nitrogens with zero attached hydrogens (tertiary/aromatic N) is 2. The normalized spacial score (nSPS) is 24.4. The second-order valence-electron chi connectivity index (χ2n) is 4.30. The zero-order valence-corrected chi connectivity index (χ0v) is 9.40. The molecule has 16 heavy (non-hydrogen) atoms. The maximum Gasteiger partial charge on any atom is 0.223 e. The molecule has 6 N–H and O–H groups in total. The van der Waals surface area contributed by atoms with Crippen LogP contribution in [0.3, 0.4) is 0 Å². The molecule has 1 aliphatic carbocycles. The third kappa shape index (κ3) is 2.33. The Morgan fingerprint density at radius 2 is 2.06 bits per heavy atom. The summed E-state index contributed by atoms with van der Waals surface area (Å²) in [5, 5.41) is 3.38. The Balaban J connectivity index is 2.11. The summed E-state index contributed by atoms with van der Waals surface area (Å²) < 4.78 is 0. The van der Waals surface area contributed by atoms with E-state index in [0.29, 0.717) is 17.8 Å². The number of rotatable bonds is 3. The van der Waals surface area contributed by atoms with Gasteiger partial charge in [-0.1, -0.05) is 13.3 Å². The van der Waals surface area contributed by atoms with Crippen molar-refractivity contribution in [3.05, 3.63) is 6.07 Å². The monoisotopic (exact) mass is 222 g/mol. The number of nitrogens with one attached hydrogen (secondary N) is 2. The van der Waals surface area contributed by atoms with Gasteiger partial charge >= 0.3 is 0 Å². The predicted molar refractivity (Wildman–Crippen MR) is 64.7 cm³/mol. The third-order valence-electron chi connectivity index (χ3n) is 3.09. The molecule has 0 bridgehead atoms. The van der Waals surface area contributed by atoms with Gasteiger partial charge in [0.1, 0.15) is 11.6 Å². The number of nitrogens with two attached hydrogens (primary N) is 2. The highest BCUT2D eigenvalue weighted by Gasteiger charge is 2.23. The van der Waals surface area contributed by atoms with Gasteiger partial charge in [0.25, 0.3) is 0 Å². The van der Waals surface area contributed by atoms with Gasteiger partial charge in [-0.05, 0) is 18.8 Å². The van der Waals surface area contributed by atoms with Crippen molar-refractivity contribution in [1.82, 2.24) is 9.97 Å². The molecule has 6 heteroatoms. The van der Waals surface area contributed by atoms with Crippen molar-refractivity contribution >= 4 is 17.6 Å². The Labute approximate surface area is 94.8 Å². The predicted octanol–water partition coefficient (Wildman–Crippen LogP) is 0.945. The highest BCUT2D eigenvalue weighted by molar-refractivity contribution is 5.50. The average Bonchev–Trinajstić information content (AvgIpc) is 2.63. The van der Waals surface area contributed by atoms with Crippen molar-refractivity contribution < 1.29 is 0 Å². The molecular formula is C10H18N6. The number of hydrazine groups is 1. The van der Waals surface area contributed by atoms with Crippen molar-refractivity contribution in [3.63, 3.8) is 0 Å². The summed E-state index contributed by atoms with van der Waals surface area (Å²) in [5.41, 5.74) is 8.06. The lowest BCUT2D eigenvalue weighted by atomic mass is 10.1. The summed E-state index contributed by atoms with van der Waals surface area (Å²) in [4.78, 5) is 8.08.